The third-order valence-electron chi connectivity index (χ3n) is 1.54. The minimum Gasteiger partial charge on any atom is -0.480 e. The van der Waals surface area contributed by atoms with E-state index in [0.29, 0.717) is 6.54 Å². The lowest BCUT2D eigenvalue weighted by Crippen LogP contribution is -2.60. The molecule has 0 aromatic heterocycles. The van der Waals surface area contributed by atoms with Crippen LogP contribution in [0.1, 0.15) is 6.92 Å². The first-order valence-corrected chi connectivity index (χ1v) is 3.38. The van der Waals surface area contributed by atoms with Gasteiger partial charge in [0.25, 0.3) is 0 Å². The van der Waals surface area contributed by atoms with E-state index in [1.54, 1.807) is 0 Å². The molecular formula is C6H10N2O3. The summed E-state index contributed by atoms with van der Waals surface area (Å²) >= 11 is 0. The molecule has 0 radical (unpaired) electrons. The second-order valence-electron chi connectivity index (χ2n) is 2.58. The van der Waals surface area contributed by atoms with Crippen LogP contribution in [0.3, 0.4) is 0 Å². The fraction of sp³-hybridized carbons (Fsp3) is 0.667. The number of amides is 1. The van der Waals surface area contributed by atoms with Crippen molar-refractivity contribution < 1.29 is 14.7 Å². The largest absolute Gasteiger partial charge is 0.480 e. The lowest BCUT2D eigenvalue weighted by molar-refractivity contribution is -0.145. The van der Waals surface area contributed by atoms with Gasteiger partial charge in [0.05, 0.1) is 0 Å². The molecule has 2 unspecified atom stereocenters. The molecule has 3 N–H and O–H groups in total. The Hall–Kier alpha value is -1.10. The molecule has 1 rings (SSSR count). The standard InChI is InChI=1S/C6H10N2O3/c1-3-2-7-5(9)4(8-3)6(10)11/h3-4,8H,2H2,1H3,(H,7,9)(H,10,11). The van der Waals surface area contributed by atoms with Crippen LogP contribution in [0, 0.1) is 0 Å². The Kier molecular flexibility index (Phi) is 2.09. The molecule has 0 spiro atoms. The molecule has 1 aliphatic heterocycles. The smallest absolute Gasteiger partial charge is 0.330 e. The van der Waals surface area contributed by atoms with Gasteiger partial charge in [-0.3, -0.25) is 10.1 Å². The zero-order valence-electron chi connectivity index (χ0n) is 6.13. The first-order valence-electron chi connectivity index (χ1n) is 3.38. The zero-order chi connectivity index (χ0) is 8.43. The van der Waals surface area contributed by atoms with E-state index >= 15 is 0 Å². The van der Waals surface area contributed by atoms with E-state index in [1.807, 2.05) is 6.92 Å². The molecule has 1 heterocycles. The Balaban J connectivity index is 2.61. The van der Waals surface area contributed by atoms with Crippen molar-refractivity contribution in [2.75, 3.05) is 6.54 Å². The summed E-state index contributed by atoms with van der Waals surface area (Å²) in [6.45, 7) is 2.30. The molecule has 0 aliphatic carbocycles. The van der Waals surface area contributed by atoms with Crippen molar-refractivity contribution in [3.63, 3.8) is 0 Å². The van der Waals surface area contributed by atoms with E-state index in [4.69, 9.17) is 5.11 Å². The predicted octanol–water partition coefficient (Wildman–Crippen LogP) is -1.45. The highest BCUT2D eigenvalue weighted by atomic mass is 16.4. The molecule has 11 heavy (non-hydrogen) atoms. The summed E-state index contributed by atoms with van der Waals surface area (Å²) in [6.07, 6.45) is 0. The monoisotopic (exact) mass is 158 g/mol. The average Bonchev–Trinajstić information content (AvgIpc) is 1.94. The number of carbonyl (C=O) groups is 2. The van der Waals surface area contributed by atoms with Gasteiger partial charge in [0.15, 0.2) is 6.04 Å². The van der Waals surface area contributed by atoms with Crippen molar-refractivity contribution >= 4 is 11.9 Å². The first-order chi connectivity index (χ1) is 5.11. The van der Waals surface area contributed by atoms with Crippen LogP contribution in [0.2, 0.25) is 0 Å². The Morgan fingerprint density at radius 1 is 1.73 bits per heavy atom. The number of hydrogen-bond donors (Lipinski definition) is 3. The molecule has 2 atom stereocenters. The first kappa shape index (κ1) is 8.00. The van der Waals surface area contributed by atoms with Gasteiger partial charge < -0.3 is 10.4 Å². The van der Waals surface area contributed by atoms with E-state index in [2.05, 4.69) is 10.6 Å². The molecule has 1 amide bonds. The third kappa shape index (κ3) is 1.68. The van der Waals surface area contributed by atoms with Crippen molar-refractivity contribution in [2.24, 2.45) is 0 Å². The summed E-state index contributed by atoms with van der Waals surface area (Å²) in [4.78, 5) is 21.2. The van der Waals surface area contributed by atoms with Crippen LogP contribution in [0.15, 0.2) is 0 Å². The summed E-state index contributed by atoms with van der Waals surface area (Å²) in [6, 6.07) is -1.06. The summed E-state index contributed by atoms with van der Waals surface area (Å²) in [5, 5.41) is 13.6. The van der Waals surface area contributed by atoms with Crippen LogP contribution in [-0.2, 0) is 9.59 Å². The molecule has 5 nitrogen and oxygen atoms in total. The van der Waals surface area contributed by atoms with Gasteiger partial charge in [0.1, 0.15) is 0 Å². The van der Waals surface area contributed by atoms with Crippen LogP contribution >= 0.6 is 0 Å². The Morgan fingerprint density at radius 3 is 2.82 bits per heavy atom. The van der Waals surface area contributed by atoms with Crippen LogP contribution in [0.25, 0.3) is 0 Å². The highest BCUT2D eigenvalue weighted by Crippen LogP contribution is 1.94. The van der Waals surface area contributed by atoms with Crippen molar-refractivity contribution in [2.45, 2.75) is 19.0 Å². The SMILES string of the molecule is CC1CNC(=O)C(C(=O)O)N1. The second kappa shape index (κ2) is 2.87. The van der Waals surface area contributed by atoms with E-state index in [9.17, 15) is 9.59 Å². The highest BCUT2D eigenvalue weighted by Gasteiger charge is 2.30. The highest BCUT2D eigenvalue weighted by molar-refractivity contribution is 6.01. The minimum atomic E-state index is -1.13. The van der Waals surface area contributed by atoms with Gasteiger partial charge in [0, 0.05) is 12.6 Å². The van der Waals surface area contributed by atoms with E-state index in [0.717, 1.165) is 0 Å². The molecule has 62 valence electrons. The maximum absolute atomic E-state index is 10.8. The lowest BCUT2D eigenvalue weighted by atomic mass is 10.1. The molecule has 0 aromatic rings. The second-order valence-corrected chi connectivity index (χ2v) is 2.58. The predicted molar refractivity (Wildman–Crippen MR) is 37.0 cm³/mol. The Labute approximate surface area is 63.8 Å². The zero-order valence-corrected chi connectivity index (χ0v) is 6.13. The Morgan fingerprint density at radius 2 is 2.36 bits per heavy atom. The molecule has 0 saturated carbocycles. The number of carboxylic acids is 1. The van der Waals surface area contributed by atoms with Crippen molar-refractivity contribution in [1.82, 2.24) is 10.6 Å². The van der Waals surface area contributed by atoms with Gasteiger partial charge in [-0.15, -0.1) is 0 Å². The summed E-state index contributed by atoms with van der Waals surface area (Å²) in [7, 11) is 0. The fourth-order valence-electron chi connectivity index (χ4n) is 0.958. The minimum absolute atomic E-state index is 0.0220. The number of rotatable bonds is 1. The van der Waals surface area contributed by atoms with Crippen LogP contribution in [0.4, 0.5) is 0 Å². The van der Waals surface area contributed by atoms with E-state index in [1.165, 1.54) is 0 Å². The van der Waals surface area contributed by atoms with E-state index in [-0.39, 0.29) is 6.04 Å². The van der Waals surface area contributed by atoms with Gasteiger partial charge in [-0.25, -0.2) is 4.79 Å². The molecule has 1 fully saturated rings. The molecule has 5 heteroatoms. The summed E-state index contributed by atoms with van der Waals surface area (Å²) in [5.41, 5.74) is 0. The number of carboxylic acid groups (broad SMARTS) is 1. The van der Waals surface area contributed by atoms with Crippen molar-refractivity contribution in [3.05, 3.63) is 0 Å². The average molecular weight is 158 g/mol. The molecule has 0 bridgehead atoms. The number of carbonyl (C=O) groups excluding carboxylic acids is 1. The number of hydrogen-bond acceptors (Lipinski definition) is 3. The Bertz CT molecular complexity index is 192. The molecular weight excluding hydrogens is 148 g/mol. The van der Waals surface area contributed by atoms with Gasteiger partial charge in [-0.2, -0.15) is 0 Å². The van der Waals surface area contributed by atoms with Gasteiger partial charge >= 0.3 is 5.97 Å². The van der Waals surface area contributed by atoms with Crippen LogP contribution in [0.5, 0.6) is 0 Å². The summed E-state index contributed by atoms with van der Waals surface area (Å²) in [5.74, 6) is -1.59. The quantitative estimate of drug-likeness (QED) is 0.408. The lowest BCUT2D eigenvalue weighted by Gasteiger charge is -2.25. The summed E-state index contributed by atoms with van der Waals surface area (Å²) < 4.78 is 0. The van der Waals surface area contributed by atoms with Gasteiger partial charge in [-0.1, -0.05) is 0 Å². The van der Waals surface area contributed by atoms with Gasteiger partial charge in [0.2, 0.25) is 5.91 Å². The molecule has 1 saturated heterocycles. The fourth-order valence-corrected chi connectivity index (χ4v) is 0.958. The maximum atomic E-state index is 10.8. The van der Waals surface area contributed by atoms with Crippen molar-refractivity contribution in [3.8, 4) is 0 Å². The topological polar surface area (TPSA) is 78.4 Å². The van der Waals surface area contributed by atoms with Crippen LogP contribution < -0.4 is 10.6 Å². The van der Waals surface area contributed by atoms with E-state index < -0.39 is 17.9 Å². The molecule has 1 aliphatic rings. The normalized spacial score (nSPS) is 31.2. The van der Waals surface area contributed by atoms with Gasteiger partial charge in [-0.05, 0) is 6.92 Å². The van der Waals surface area contributed by atoms with Crippen molar-refractivity contribution in [1.29, 1.82) is 0 Å². The number of piperazine rings is 1. The molecule has 0 aromatic carbocycles. The number of aliphatic carboxylic acids is 1. The third-order valence-corrected chi connectivity index (χ3v) is 1.54. The van der Waals surface area contributed by atoms with Crippen LogP contribution in [-0.4, -0.2) is 35.6 Å². The maximum Gasteiger partial charge on any atom is 0.330 e. The number of nitrogens with one attached hydrogen (secondary N) is 2.